The van der Waals surface area contributed by atoms with Crippen LogP contribution in [0, 0.1) is 0 Å². The molecule has 1 atom stereocenters. The molecule has 42 heavy (non-hydrogen) atoms. The van der Waals surface area contributed by atoms with Crippen LogP contribution in [0.1, 0.15) is 28.7 Å². The molecule has 0 saturated heterocycles. The highest BCUT2D eigenvalue weighted by Gasteiger charge is 2.39. The molecule has 0 spiro atoms. The Labute approximate surface area is 245 Å². The predicted octanol–water partition coefficient (Wildman–Crippen LogP) is 7.53. The molecule has 0 heterocycles. The van der Waals surface area contributed by atoms with E-state index in [-0.39, 0.29) is 18.7 Å². The first kappa shape index (κ1) is 27.0. The molecule has 4 heteroatoms. The normalized spacial score (nSPS) is 12.2. The Bertz CT molecular complexity index is 1700. The molecule has 0 aliphatic rings. The van der Waals surface area contributed by atoms with E-state index < -0.39 is 17.4 Å². The molecule has 4 nitrogen and oxygen atoms in total. The fourth-order valence-corrected chi connectivity index (χ4v) is 6.19. The first-order valence-electron chi connectivity index (χ1n) is 14.1. The number of carbonyl (C=O) groups is 2. The number of hydrogen-bond donors (Lipinski definition) is 2. The van der Waals surface area contributed by atoms with Crippen molar-refractivity contribution in [1.82, 2.24) is 5.32 Å². The third-order valence-corrected chi connectivity index (χ3v) is 8.15. The number of fused-ring (bicyclic) bond motifs is 2. The van der Waals surface area contributed by atoms with Crippen LogP contribution in [0.5, 0.6) is 0 Å². The number of hydrogen-bond acceptors (Lipinski definition) is 2. The first-order chi connectivity index (χ1) is 20.6. The summed E-state index contributed by atoms with van der Waals surface area (Å²) in [5, 5.41) is 17.3. The lowest BCUT2D eigenvalue weighted by Gasteiger charge is -2.36. The van der Waals surface area contributed by atoms with Crippen LogP contribution in [-0.4, -0.2) is 23.0 Å². The van der Waals surface area contributed by atoms with Gasteiger partial charge in [-0.2, -0.15) is 0 Å². The van der Waals surface area contributed by atoms with E-state index in [1.807, 2.05) is 140 Å². The minimum atomic E-state index is -1.10. The summed E-state index contributed by atoms with van der Waals surface area (Å²) in [6.45, 7) is 0. The van der Waals surface area contributed by atoms with Crippen molar-refractivity contribution < 1.29 is 14.7 Å². The van der Waals surface area contributed by atoms with Crippen molar-refractivity contribution >= 4 is 33.4 Å². The summed E-state index contributed by atoms with van der Waals surface area (Å²) in [4.78, 5) is 26.7. The molecule has 6 rings (SSSR count). The van der Waals surface area contributed by atoms with E-state index in [1.54, 1.807) is 0 Å². The van der Waals surface area contributed by atoms with E-state index in [4.69, 9.17) is 0 Å². The molecule has 0 bridgehead atoms. The van der Waals surface area contributed by atoms with Gasteiger partial charge in [-0.25, -0.2) is 4.79 Å². The lowest BCUT2D eigenvalue weighted by Crippen LogP contribution is -2.45. The van der Waals surface area contributed by atoms with Gasteiger partial charge >= 0.3 is 5.97 Å². The summed E-state index contributed by atoms with van der Waals surface area (Å²) in [6.07, 6.45) is 0.211. The zero-order valence-corrected chi connectivity index (χ0v) is 23.1. The lowest BCUT2D eigenvalue weighted by molar-refractivity contribution is -0.141. The van der Waals surface area contributed by atoms with E-state index in [2.05, 4.69) is 11.4 Å². The second-order valence-electron chi connectivity index (χ2n) is 10.6. The maximum absolute atomic E-state index is 14.0. The van der Waals surface area contributed by atoms with Gasteiger partial charge in [-0.3, -0.25) is 4.79 Å². The molecule has 6 aromatic carbocycles. The fourth-order valence-electron chi connectivity index (χ4n) is 6.19. The average Bonchev–Trinajstić information content (AvgIpc) is 3.04. The van der Waals surface area contributed by atoms with Crippen LogP contribution in [0.15, 0.2) is 146 Å². The second-order valence-corrected chi connectivity index (χ2v) is 10.6. The summed E-state index contributed by atoms with van der Waals surface area (Å²) >= 11 is 0. The molecule has 2 N–H and O–H groups in total. The molecule has 0 aliphatic heterocycles. The van der Waals surface area contributed by atoms with Gasteiger partial charge < -0.3 is 10.4 Å². The Balaban J connectivity index is 1.40. The summed E-state index contributed by atoms with van der Waals surface area (Å²) < 4.78 is 0. The molecule has 0 fully saturated rings. The van der Waals surface area contributed by atoms with Gasteiger partial charge in [-0.05, 0) is 49.9 Å². The summed E-state index contributed by atoms with van der Waals surface area (Å²) in [7, 11) is 0. The van der Waals surface area contributed by atoms with E-state index in [0.29, 0.717) is 0 Å². The zero-order valence-electron chi connectivity index (χ0n) is 23.1. The van der Waals surface area contributed by atoms with Crippen molar-refractivity contribution in [2.24, 2.45) is 0 Å². The highest BCUT2D eigenvalue weighted by atomic mass is 16.4. The SMILES string of the molecule is O=C(CC(c1ccccc1)(c1ccccc1)c1ccccc1)N[C@H](Cc1c2ccccc2cc2ccccc12)C(=O)O. The van der Waals surface area contributed by atoms with Gasteiger partial charge in [-0.1, -0.05) is 140 Å². The van der Waals surface area contributed by atoms with Crippen molar-refractivity contribution in [3.8, 4) is 0 Å². The summed E-state index contributed by atoms with van der Waals surface area (Å²) in [6, 6.07) is 46.9. The van der Waals surface area contributed by atoms with Crippen LogP contribution in [0.4, 0.5) is 0 Å². The van der Waals surface area contributed by atoms with Crippen LogP contribution >= 0.6 is 0 Å². The number of aliphatic carboxylic acids is 1. The molecular formula is C38H31NO3. The number of benzene rings is 6. The molecule has 0 aliphatic carbocycles. The van der Waals surface area contributed by atoms with Crippen LogP contribution < -0.4 is 5.32 Å². The number of carboxylic acids is 1. The van der Waals surface area contributed by atoms with Crippen molar-refractivity contribution in [3.63, 3.8) is 0 Å². The topological polar surface area (TPSA) is 66.4 Å². The number of nitrogens with one attached hydrogen (secondary N) is 1. The van der Waals surface area contributed by atoms with Gasteiger partial charge in [0.15, 0.2) is 0 Å². The zero-order chi connectivity index (χ0) is 28.9. The fraction of sp³-hybridized carbons (Fsp3) is 0.105. The standard InChI is InChI=1S/C38H31NO3/c40-36(26-38(29-16-4-1-5-17-29,30-18-6-2-7-19-30)31-20-8-3-9-21-31)39-35(37(41)42)25-34-32-22-12-10-14-27(32)24-28-15-11-13-23-33(28)34/h1-24,35H,25-26H2,(H,39,40)(H,41,42)/t35-/m1/s1. The van der Waals surface area contributed by atoms with Crippen molar-refractivity contribution in [2.45, 2.75) is 24.3 Å². The Morgan fingerprint density at radius 1 is 0.595 bits per heavy atom. The maximum atomic E-state index is 14.0. The van der Waals surface area contributed by atoms with Crippen LogP contribution in [-0.2, 0) is 21.4 Å². The minimum Gasteiger partial charge on any atom is -0.480 e. The Morgan fingerprint density at radius 3 is 1.43 bits per heavy atom. The van der Waals surface area contributed by atoms with Crippen molar-refractivity contribution in [2.75, 3.05) is 0 Å². The Kier molecular flexibility index (Phi) is 7.52. The van der Waals surface area contributed by atoms with Gasteiger partial charge in [0.2, 0.25) is 5.91 Å². The number of carboxylic acid groups (broad SMARTS) is 1. The van der Waals surface area contributed by atoms with E-state index in [1.165, 1.54) is 0 Å². The van der Waals surface area contributed by atoms with E-state index in [0.717, 1.165) is 43.8 Å². The molecule has 0 aromatic heterocycles. The average molecular weight is 550 g/mol. The molecule has 206 valence electrons. The smallest absolute Gasteiger partial charge is 0.326 e. The highest BCUT2D eigenvalue weighted by molar-refractivity contribution is 6.02. The van der Waals surface area contributed by atoms with Gasteiger partial charge in [-0.15, -0.1) is 0 Å². The van der Waals surface area contributed by atoms with E-state index in [9.17, 15) is 14.7 Å². The van der Waals surface area contributed by atoms with Gasteiger partial charge in [0.05, 0.1) is 5.41 Å². The van der Waals surface area contributed by atoms with Crippen molar-refractivity contribution in [1.29, 1.82) is 0 Å². The Hall–Kier alpha value is -5.22. The van der Waals surface area contributed by atoms with E-state index >= 15 is 0 Å². The first-order valence-corrected chi connectivity index (χ1v) is 14.1. The number of rotatable bonds is 9. The quantitative estimate of drug-likeness (QED) is 0.145. The van der Waals surface area contributed by atoms with Gasteiger partial charge in [0.25, 0.3) is 0 Å². The number of amides is 1. The molecule has 1 amide bonds. The summed E-state index contributed by atoms with van der Waals surface area (Å²) in [5.41, 5.74) is 2.98. The van der Waals surface area contributed by atoms with Crippen LogP contribution in [0.2, 0.25) is 0 Å². The minimum absolute atomic E-state index is 0.0467. The lowest BCUT2D eigenvalue weighted by atomic mass is 9.67. The van der Waals surface area contributed by atoms with Crippen molar-refractivity contribution in [3.05, 3.63) is 168 Å². The van der Waals surface area contributed by atoms with Gasteiger partial charge in [0, 0.05) is 12.8 Å². The monoisotopic (exact) mass is 549 g/mol. The maximum Gasteiger partial charge on any atom is 0.326 e. The highest BCUT2D eigenvalue weighted by Crippen LogP contribution is 2.42. The Morgan fingerprint density at radius 2 is 1.00 bits per heavy atom. The molecule has 0 radical (unpaired) electrons. The van der Waals surface area contributed by atoms with Crippen LogP contribution in [0.25, 0.3) is 21.5 Å². The predicted molar refractivity (Wildman–Crippen MR) is 169 cm³/mol. The number of carbonyl (C=O) groups excluding carboxylic acids is 1. The summed E-state index contributed by atoms with van der Waals surface area (Å²) in [5.74, 6) is -1.39. The second kappa shape index (κ2) is 11.7. The molecule has 0 saturated carbocycles. The van der Waals surface area contributed by atoms with Gasteiger partial charge in [0.1, 0.15) is 6.04 Å². The third kappa shape index (κ3) is 5.15. The largest absolute Gasteiger partial charge is 0.480 e. The molecule has 0 unspecified atom stereocenters. The third-order valence-electron chi connectivity index (χ3n) is 8.15. The molecule has 6 aromatic rings. The molecular weight excluding hydrogens is 518 g/mol. The van der Waals surface area contributed by atoms with Crippen LogP contribution in [0.3, 0.4) is 0 Å².